The molecule has 1 aromatic rings. The normalized spacial score (nSPS) is 16.1. The minimum atomic E-state index is 0.0722. The molecule has 2 rings (SSSR count). The Morgan fingerprint density at radius 1 is 1.38 bits per heavy atom. The fourth-order valence-electron chi connectivity index (χ4n) is 1.29. The molecule has 1 aliphatic rings. The SMILES string of the molecule is CC(C)(C)C1=Nc2[nH]ncc2CN1. The van der Waals surface area contributed by atoms with E-state index in [-0.39, 0.29) is 5.41 Å². The molecule has 0 saturated carbocycles. The molecule has 4 heteroatoms. The molecule has 1 aromatic heterocycles. The smallest absolute Gasteiger partial charge is 0.154 e. The first kappa shape index (κ1) is 8.29. The molecule has 0 aromatic carbocycles. The fourth-order valence-corrected chi connectivity index (χ4v) is 1.29. The summed E-state index contributed by atoms with van der Waals surface area (Å²) >= 11 is 0. The van der Waals surface area contributed by atoms with E-state index in [1.807, 2.05) is 6.20 Å². The number of H-pyrrole nitrogens is 1. The molecule has 2 N–H and O–H groups in total. The van der Waals surface area contributed by atoms with Gasteiger partial charge in [-0.1, -0.05) is 20.8 Å². The van der Waals surface area contributed by atoms with E-state index >= 15 is 0 Å². The van der Waals surface area contributed by atoms with Gasteiger partial charge in [0.15, 0.2) is 5.82 Å². The van der Waals surface area contributed by atoms with Crippen LogP contribution in [0.15, 0.2) is 11.2 Å². The molecule has 1 aliphatic heterocycles. The number of fused-ring (bicyclic) bond motifs is 1. The second-order valence-electron chi connectivity index (χ2n) is 4.31. The molecule has 2 heterocycles. The van der Waals surface area contributed by atoms with Crippen LogP contribution >= 0.6 is 0 Å². The topological polar surface area (TPSA) is 53.1 Å². The van der Waals surface area contributed by atoms with Crippen LogP contribution in [0, 0.1) is 5.41 Å². The number of aromatic nitrogens is 2. The number of aliphatic imine (C=N–C) groups is 1. The summed E-state index contributed by atoms with van der Waals surface area (Å²) in [4.78, 5) is 4.46. The maximum atomic E-state index is 4.46. The number of hydrogen-bond acceptors (Lipinski definition) is 3. The van der Waals surface area contributed by atoms with Gasteiger partial charge in [-0.2, -0.15) is 5.10 Å². The van der Waals surface area contributed by atoms with Gasteiger partial charge in [0, 0.05) is 17.5 Å². The molecule has 0 amide bonds. The zero-order valence-electron chi connectivity index (χ0n) is 8.18. The number of rotatable bonds is 0. The van der Waals surface area contributed by atoms with Crippen molar-refractivity contribution in [3.63, 3.8) is 0 Å². The average molecular weight is 178 g/mol. The molecular weight excluding hydrogens is 164 g/mol. The van der Waals surface area contributed by atoms with Crippen LogP contribution in [0.5, 0.6) is 0 Å². The first-order valence-corrected chi connectivity index (χ1v) is 4.42. The van der Waals surface area contributed by atoms with Crippen molar-refractivity contribution in [2.75, 3.05) is 0 Å². The zero-order valence-corrected chi connectivity index (χ0v) is 8.18. The lowest BCUT2D eigenvalue weighted by Crippen LogP contribution is -2.36. The molecule has 70 valence electrons. The summed E-state index contributed by atoms with van der Waals surface area (Å²) < 4.78 is 0. The van der Waals surface area contributed by atoms with Crippen molar-refractivity contribution in [2.24, 2.45) is 10.4 Å². The Bertz CT molecular complexity index is 343. The van der Waals surface area contributed by atoms with Crippen LogP contribution in [-0.4, -0.2) is 16.0 Å². The minimum Gasteiger partial charge on any atom is -0.369 e. The highest BCUT2D eigenvalue weighted by Crippen LogP contribution is 2.24. The van der Waals surface area contributed by atoms with Crippen LogP contribution in [0.25, 0.3) is 0 Å². The Balaban J connectivity index is 2.38. The summed E-state index contributed by atoms with van der Waals surface area (Å²) in [5.41, 5.74) is 1.20. The highest BCUT2D eigenvalue weighted by molar-refractivity contribution is 5.90. The molecule has 0 bridgehead atoms. The first-order valence-electron chi connectivity index (χ1n) is 4.42. The van der Waals surface area contributed by atoms with Crippen LogP contribution in [0.3, 0.4) is 0 Å². The molecule has 0 radical (unpaired) electrons. The Morgan fingerprint density at radius 3 is 2.85 bits per heavy atom. The van der Waals surface area contributed by atoms with Crippen LogP contribution in [0.1, 0.15) is 26.3 Å². The van der Waals surface area contributed by atoms with E-state index in [2.05, 4.69) is 41.3 Å². The van der Waals surface area contributed by atoms with E-state index in [0.717, 1.165) is 23.8 Å². The first-order chi connectivity index (χ1) is 6.07. The van der Waals surface area contributed by atoms with E-state index in [0.29, 0.717) is 0 Å². The predicted molar refractivity (Wildman–Crippen MR) is 52.0 cm³/mol. The number of hydrogen-bond donors (Lipinski definition) is 2. The molecule has 0 saturated heterocycles. The number of nitrogens with zero attached hydrogens (tertiary/aromatic N) is 2. The number of aromatic amines is 1. The third-order valence-corrected chi connectivity index (χ3v) is 2.08. The molecule has 0 spiro atoms. The summed E-state index contributed by atoms with van der Waals surface area (Å²) in [5, 5.41) is 10.1. The lowest BCUT2D eigenvalue weighted by molar-refractivity contribution is 0.559. The van der Waals surface area contributed by atoms with Gasteiger partial charge in [-0.15, -0.1) is 0 Å². The molecule has 13 heavy (non-hydrogen) atoms. The van der Waals surface area contributed by atoms with Gasteiger partial charge in [-0.25, -0.2) is 4.99 Å². The van der Waals surface area contributed by atoms with E-state index in [4.69, 9.17) is 0 Å². The standard InChI is InChI=1S/C9H14N4/c1-9(2,3)8-10-4-6-5-11-13-7(6)12-8/h5H,4H2,1-3H3,(H2,10,11,12,13). The summed E-state index contributed by atoms with van der Waals surface area (Å²) in [6.45, 7) is 7.24. The Labute approximate surface area is 77.5 Å². The van der Waals surface area contributed by atoms with Gasteiger partial charge in [0.1, 0.15) is 5.84 Å². The highest BCUT2D eigenvalue weighted by Gasteiger charge is 2.23. The Morgan fingerprint density at radius 2 is 2.15 bits per heavy atom. The van der Waals surface area contributed by atoms with Crippen molar-refractivity contribution in [3.05, 3.63) is 11.8 Å². The molecule has 0 unspecified atom stereocenters. The molecular formula is C9H14N4. The average Bonchev–Trinajstić information content (AvgIpc) is 2.47. The summed E-state index contributed by atoms with van der Waals surface area (Å²) in [7, 11) is 0. The monoisotopic (exact) mass is 178 g/mol. The number of amidine groups is 1. The van der Waals surface area contributed by atoms with Gasteiger partial charge in [-0.3, -0.25) is 5.10 Å². The molecule has 0 atom stereocenters. The van der Waals surface area contributed by atoms with Crippen molar-refractivity contribution < 1.29 is 0 Å². The highest BCUT2D eigenvalue weighted by atomic mass is 15.2. The number of nitrogens with one attached hydrogen (secondary N) is 2. The van der Waals surface area contributed by atoms with Crippen molar-refractivity contribution in [2.45, 2.75) is 27.3 Å². The molecule has 4 nitrogen and oxygen atoms in total. The largest absolute Gasteiger partial charge is 0.369 e. The Kier molecular flexibility index (Phi) is 1.65. The van der Waals surface area contributed by atoms with Crippen LogP contribution in [0.2, 0.25) is 0 Å². The maximum Gasteiger partial charge on any atom is 0.154 e. The van der Waals surface area contributed by atoms with Gasteiger partial charge in [-0.05, 0) is 0 Å². The predicted octanol–water partition coefficient (Wildman–Crippen LogP) is 1.59. The van der Waals surface area contributed by atoms with Crippen molar-refractivity contribution >= 4 is 11.7 Å². The van der Waals surface area contributed by atoms with E-state index in [1.54, 1.807) is 0 Å². The third-order valence-electron chi connectivity index (χ3n) is 2.08. The minimum absolute atomic E-state index is 0.0722. The van der Waals surface area contributed by atoms with Crippen LogP contribution in [-0.2, 0) is 6.54 Å². The van der Waals surface area contributed by atoms with Crippen molar-refractivity contribution in [3.8, 4) is 0 Å². The Hall–Kier alpha value is -1.32. The van der Waals surface area contributed by atoms with Gasteiger partial charge >= 0.3 is 0 Å². The molecule has 0 fully saturated rings. The lowest BCUT2D eigenvalue weighted by atomic mass is 9.94. The summed E-state index contributed by atoms with van der Waals surface area (Å²) in [6, 6.07) is 0. The summed E-state index contributed by atoms with van der Waals surface area (Å²) in [6.07, 6.45) is 1.81. The van der Waals surface area contributed by atoms with Crippen molar-refractivity contribution in [1.29, 1.82) is 0 Å². The zero-order chi connectivity index (χ0) is 9.47. The second kappa shape index (κ2) is 2.58. The van der Waals surface area contributed by atoms with Crippen molar-refractivity contribution in [1.82, 2.24) is 15.5 Å². The maximum absolute atomic E-state index is 4.46. The van der Waals surface area contributed by atoms with Gasteiger partial charge in [0.25, 0.3) is 0 Å². The molecule has 0 aliphatic carbocycles. The van der Waals surface area contributed by atoms with E-state index in [9.17, 15) is 0 Å². The van der Waals surface area contributed by atoms with E-state index in [1.165, 1.54) is 0 Å². The van der Waals surface area contributed by atoms with Gasteiger partial charge < -0.3 is 5.32 Å². The second-order valence-corrected chi connectivity index (χ2v) is 4.31. The quantitative estimate of drug-likeness (QED) is 0.633. The van der Waals surface area contributed by atoms with Gasteiger partial charge in [0.2, 0.25) is 0 Å². The van der Waals surface area contributed by atoms with Crippen LogP contribution < -0.4 is 5.32 Å². The third kappa shape index (κ3) is 1.43. The van der Waals surface area contributed by atoms with Gasteiger partial charge in [0.05, 0.1) is 6.20 Å². The summed E-state index contributed by atoms with van der Waals surface area (Å²) in [5.74, 6) is 1.91. The fraction of sp³-hybridized carbons (Fsp3) is 0.556. The van der Waals surface area contributed by atoms with Crippen LogP contribution in [0.4, 0.5) is 5.82 Å². The van der Waals surface area contributed by atoms with E-state index < -0.39 is 0 Å². The lowest BCUT2D eigenvalue weighted by Gasteiger charge is -2.25.